The number of rotatable bonds is 31. The van der Waals surface area contributed by atoms with Crippen LogP contribution in [-0.4, -0.2) is 104 Å². The maximum atomic E-state index is 12.2. The van der Waals surface area contributed by atoms with Crippen LogP contribution >= 0.6 is 0 Å². The molecule has 133 heavy (non-hydrogen) atoms. The van der Waals surface area contributed by atoms with Crippen molar-refractivity contribution in [1.82, 2.24) is 0 Å². The van der Waals surface area contributed by atoms with Crippen molar-refractivity contribution in [2.45, 2.75) is 608 Å². The molecular formula is C115H220O18. The summed E-state index contributed by atoms with van der Waals surface area (Å²) < 4.78 is 50.5. The standard InChI is InChI=1S/C16H30O2.C15H28O2.2C13H24O2.C13H26O2.C12H22O2.C12H24O2.C11H22O2.C10H20O2/c1-7-15(3,4)14(17)18-16(5,6)13-10-8-12(2)9-11-13;1-6-14(2,3)13(16)17-15(4,5)12-10-8-7-9-11-12;1-5-12(2,3)11(14)15-13(4)9-7-6-8-10-13;1-5-12(3,4)11(14)15-13(6-2)9-7-8-10-13;1-9-12(5,6)10(14)15-13(7,8)11(2,3)4;1-5-11(2,3)10(13)14-12(4)8-6-7-9-12;1-8-11(4,5)10(13)14-12(6,7)9(2)3;1-7-10(3,4)9(12)13-11(5,6)8-2;1-7-10(5,6)8(11)12-9(2,3)4/h12-13H,7-11H2,1-6H3;12H,6-11H2,1-5H3;2*5-10H2,1-4H3;9H2,1-8H3;5-9H2,1-4H3;9H,8H2,1-7H3;7-8H2,1-6H3;7H2,1-6H3. The van der Waals surface area contributed by atoms with Crippen LogP contribution in [0, 0.1) is 77.8 Å². The minimum atomic E-state index is -0.434. The average molecular weight is 1890 g/mol. The van der Waals surface area contributed by atoms with Gasteiger partial charge in [-0.25, -0.2) is 0 Å². The SMILES string of the molecule is CCC(C)(C)C(=O)OC(C)(C)C.CCC(C)(C)C(=O)OC(C)(C)C(C)(C)C.CCC(C)(C)C(=O)OC(C)(C)C(C)C.CCC(C)(C)C(=O)OC(C)(C)C1CCC(C)CC1.CCC(C)(C)C(=O)OC(C)(C)C1CCCCC1.CCC(C)(C)C(=O)OC1(C)CCCC1.CCC(C)(C)C(=O)OC1(C)CCCCC1.CCC(C)(C)OC(=O)C(C)(C)CC.CCC1(OC(=O)C(C)(C)CC)CCCC1. The van der Waals surface area contributed by atoms with Crippen LogP contribution in [0.2, 0.25) is 0 Å². The number of hydrogen-bond acceptors (Lipinski definition) is 18. The molecule has 0 spiro atoms. The summed E-state index contributed by atoms with van der Waals surface area (Å²) in [6, 6.07) is 0. The second-order valence-corrected chi connectivity index (χ2v) is 51.3. The molecule has 0 amide bonds. The van der Waals surface area contributed by atoms with Gasteiger partial charge in [-0.05, 0) is 426 Å². The summed E-state index contributed by atoms with van der Waals surface area (Å²) in [4.78, 5) is 107. The van der Waals surface area contributed by atoms with Crippen LogP contribution in [0.3, 0.4) is 0 Å². The molecule has 0 aliphatic heterocycles. The van der Waals surface area contributed by atoms with E-state index in [1.807, 2.05) is 256 Å². The van der Waals surface area contributed by atoms with Gasteiger partial charge in [-0.2, -0.15) is 0 Å². The Balaban J connectivity index is -0.000000705. The predicted molar refractivity (Wildman–Crippen MR) is 554 cm³/mol. The third-order valence-corrected chi connectivity index (χ3v) is 31.5. The van der Waals surface area contributed by atoms with Gasteiger partial charge in [0.1, 0.15) is 50.4 Å². The number of esters is 9. The number of ether oxygens (including phenoxy) is 9. The zero-order valence-corrected chi connectivity index (χ0v) is 97.0. The summed E-state index contributed by atoms with van der Waals surface area (Å²) in [6.07, 6.45) is 35.0. The third kappa shape index (κ3) is 49.8. The van der Waals surface area contributed by atoms with E-state index >= 15 is 0 Å². The van der Waals surface area contributed by atoms with Crippen LogP contribution in [0.5, 0.6) is 0 Å². The molecule has 0 N–H and O–H groups in total. The molecule has 18 heteroatoms. The Labute approximate surface area is 821 Å². The van der Waals surface area contributed by atoms with E-state index in [1.54, 1.807) is 0 Å². The molecule has 18 nitrogen and oxygen atoms in total. The monoisotopic (exact) mass is 1890 g/mol. The Hall–Kier alpha value is -4.77. The van der Waals surface area contributed by atoms with E-state index in [1.165, 1.54) is 103 Å². The fraction of sp³-hybridized carbons (Fsp3) is 0.922. The van der Waals surface area contributed by atoms with Gasteiger partial charge in [0, 0.05) is 5.41 Å². The van der Waals surface area contributed by atoms with Crippen LogP contribution in [0.1, 0.15) is 558 Å². The first-order valence-electron chi connectivity index (χ1n) is 52.8. The van der Waals surface area contributed by atoms with E-state index in [2.05, 4.69) is 90.0 Å². The number of carbonyl (C=O) groups is 9. The number of hydrogen-bond donors (Lipinski definition) is 0. The minimum Gasteiger partial charge on any atom is -0.460 e. The van der Waals surface area contributed by atoms with Crippen molar-refractivity contribution in [2.24, 2.45) is 77.8 Å². The highest BCUT2D eigenvalue weighted by atomic mass is 16.6. The highest BCUT2D eigenvalue weighted by molar-refractivity contribution is 5.80. The van der Waals surface area contributed by atoms with Crippen molar-refractivity contribution >= 4 is 53.7 Å². The highest BCUT2D eigenvalue weighted by Gasteiger charge is 2.46. The molecule has 0 radical (unpaired) electrons. The first-order chi connectivity index (χ1) is 59.7. The molecule has 0 saturated heterocycles. The maximum Gasteiger partial charge on any atom is 0.312 e. The summed E-state index contributed by atoms with van der Waals surface area (Å²) >= 11 is 0. The van der Waals surface area contributed by atoms with Crippen molar-refractivity contribution in [1.29, 1.82) is 0 Å². The quantitative estimate of drug-likeness (QED) is 0.0463. The first kappa shape index (κ1) is 134. The van der Waals surface area contributed by atoms with Crippen molar-refractivity contribution in [3.8, 4) is 0 Å². The van der Waals surface area contributed by atoms with E-state index in [9.17, 15) is 43.2 Å². The van der Waals surface area contributed by atoms with Crippen molar-refractivity contribution < 1.29 is 85.8 Å². The van der Waals surface area contributed by atoms with Gasteiger partial charge in [-0.3, -0.25) is 43.2 Å². The molecule has 0 bridgehead atoms. The second kappa shape index (κ2) is 56.0. The summed E-state index contributed by atoms with van der Waals surface area (Å²) in [5, 5.41) is 0. The molecule has 0 atom stereocenters. The molecule has 5 saturated carbocycles. The molecule has 5 aliphatic carbocycles. The topological polar surface area (TPSA) is 237 Å². The molecule has 0 aromatic carbocycles. The van der Waals surface area contributed by atoms with Crippen LogP contribution < -0.4 is 0 Å². The van der Waals surface area contributed by atoms with E-state index in [-0.39, 0.29) is 153 Å². The largest absolute Gasteiger partial charge is 0.460 e. The summed E-state index contributed by atoms with van der Waals surface area (Å²) in [7, 11) is 0. The lowest BCUT2D eigenvalue weighted by molar-refractivity contribution is -0.178. The Morgan fingerprint density at radius 3 is 0.782 bits per heavy atom. The lowest BCUT2D eigenvalue weighted by Gasteiger charge is -2.40. The van der Waals surface area contributed by atoms with E-state index in [0.717, 1.165) is 115 Å². The lowest BCUT2D eigenvalue weighted by Crippen LogP contribution is -2.44. The van der Waals surface area contributed by atoms with Crippen LogP contribution in [0.25, 0.3) is 0 Å². The molecule has 788 valence electrons. The molecule has 0 aromatic rings. The summed E-state index contributed by atoms with van der Waals surface area (Å²) in [6.45, 7) is 99.8. The Kier molecular flexibility index (Phi) is 56.7. The van der Waals surface area contributed by atoms with Crippen LogP contribution in [-0.2, 0) is 85.8 Å². The molecule has 0 heterocycles. The van der Waals surface area contributed by atoms with Gasteiger partial charge >= 0.3 is 53.7 Å². The van der Waals surface area contributed by atoms with E-state index in [0.29, 0.717) is 17.8 Å². The van der Waals surface area contributed by atoms with Gasteiger partial charge in [0.05, 0.1) is 48.7 Å². The van der Waals surface area contributed by atoms with Gasteiger partial charge in [0.25, 0.3) is 0 Å². The third-order valence-electron chi connectivity index (χ3n) is 31.5. The lowest BCUT2D eigenvalue weighted by atomic mass is 9.75. The summed E-state index contributed by atoms with van der Waals surface area (Å²) in [5.41, 5.74) is -5.85. The normalized spacial score (nSPS) is 18.2. The molecule has 5 fully saturated rings. The van der Waals surface area contributed by atoms with E-state index < -0.39 is 5.60 Å². The summed E-state index contributed by atoms with van der Waals surface area (Å²) in [5.74, 6) is 1.62. The highest BCUT2D eigenvalue weighted by Crippen LogP contribution is 2.44. The Morgan fingerprint density at radius 2 is 0.511 bits per heavy atom. The van der Waals surface area contributed by atoms with Crippen LogP contribution in [0.15, 0.2) is 0 Å². The average Bonchev–Trinajstić information content (AvgIpc) is 1.70. The number of carbonyl (C=O) groups excluding carboxylic acids is 9. The minimum absolute atomic E-state index is 0.0197. The molecule has 0 aromatic heterocycles. The first-order valence-corrected chi connectivity index (χ1v) is 52.8. The van der Waals surface area contributed by atoms with Gasteiger partial charge in [0.15, 0.2) is 0 Å². The molecule has 5 aliphatic rings. The van der Waals surface area contributed by atoms with Gasteiger partial charge < -0.3 is 42.6 Å². The fourth-order valence-corrected chi connectivity index (χ4v) is 13.1. The Bertz CT molecular complexity index is 3330. The van der Waals surface area contributed by atoms with Gasteiger partial charge in [-0.1, -0.05) is 156 Å². The van der Waals surface area contributed by atoms with E-state index in [4.69, 9.17) is 42.6 Å². The fourth-order valence-electron chi connectivity index (χ4n) is 13.1. The Morgan fingerprint density at radius 1 is 0.271 bits per heavy atom. The maximum absolute atomic E-state index is 12.2. The van der Waals surface area contributed by atoms with Crippen LogP contribution in [0.4, 0.5) is 0 Å². The second-order valence-electron chi connectivity index (χ2n) is 51.3. The molecular weight excluding hydrogens is 1670 g/mol. The van der Waals surface area contributed by atoms with Crippen molar-refractivity contribution in [3.05, 3.63) is 0 Å². The van der Waals surface area contributed by atoms with Crippen molar-refractivity contribution in [2.75, 3.05) is 0 Å². The molecule has 0 unspecified atom stereocenters. The van der Waals surface area contributed by atoms with Gasteiger partial charge in [-0.15, -0.1) is 0 Å². The smallest absolute Gasteiger partial charge is 0.312 e. The zero-order valence-electron chi connectivity index (χ0n) is 97.0. The van der Waals surface area contributed by atoms with Gasteiger partial charge in [0.2, 0.25) is 0 Å². The zero-order chi connectivity index (χ0) is 106. The molecule has 5 rings (SSSR count). The van der Waals surface area contributed by atoms with Crippen molar-refractivity contribution in [3.63, 3.8) is 0 Å². The predicted octanol–water partition coefficient (Wildman–Crippen LogP) is 32.7.